The summed E-state index contributed by atoms with van der Waals surface area (Å²) in [5.41, 5.74) is 2.21. The number of halogens is 1. The molecule has 0 bridgehead atoms. The van der Waals surface area contributed by atoms with Crippen molar-refractivity contribution in [1.82, 2.24) is 14.5 Å². The highest BCUT2D eigenvalue weighted by molar-refractivity contribution is 5.88. The Morgan fingerprint density at radius 3 is 2.82 bits per heavy atom. The van der Waals surface area contributed by atoms with E-state index in [1.807, 2.05) is 37.7 Å². The lowest BCUT2D eigenvalue weighted by Crippen LogP contribution is -2.09. The van der Waals surface area contributed by atoms with Crippen molar-refractivity contribution in [1.29, 1.82) is 0 Å². The maximum atomic E-state index is 14.0. The van der Waals surface area contributed by atoms with Crippen LogP contribution in [0.2, 0.25) is 0 Å². The second-order valence-electron chi connectivity index (χ2n) is 5.29. The van der Waals surface area contributed by atoms with E-state index < -0.39 is 5.82 Å². The van der Waals surface area contributed by atoms with Gasteiger partial charge in [0.05, 0.1) is 17.3 Å². The quantitative estimate of drug-likeness (QED) is 0.799. The maximum Gasteiger partial charge on any atom is 0.178 e. The predicted molar refractivity (Wildman–Crippen MR) is 84.0 cm³/mol. The number of aryl methyl sites for hydroxylation is 1. The Morgan fingerprint density at radius 2 is 2.05 bits per heavy atom. The fraction of sp³-hybridized carbons (Fsp3) is 0.250. The molecule has 0 amide bonds. The standard InChI is InChI=1S/C16H17FN4O/c1-10(2)22-15-11(17)5-4-6-13(15)20-16-14-12(18-9-19-16)7-8-21(14)3/h4-10H,1-3H3,(H,18,19,20). The second-order valence-corrected chi connectivity index (χ2v) is 5.29. The number of rotatable bonds is 4. The summed E-state index contributed by atoms with van der Waals surface area (Å²) in [5.74, 6) is 0.394. The highest BCUT2D eigenvalue weighted by Crippen LogP contribution is 2.32. The molecule has 0 saturated carbocycles. The minimum atomic E-state index is -0.407. The molecule has 3 rings (SSSR count). The molecule has 3 aromatic rings. The van der Waals surface area contributed by atoms with Gasteiger partial charge in [0.2, 0.25) is 0 Å². The van der Waals surface area contributed by atoms with E-state index >= 15 is 0 Å². The van der Waals surface area contributed by atoms with E-state index in [1.165, 1.54) is 12.4 Å². The molecule has 0 saturated heterocycles. The molecule has 6 heteroatoms. The Kier molecular flexibility index (Phi) is 3.66. The van der Waals surface area contributed by atoms with Crippen LogP contribution in [0.4, 0.5) is 15.9 Å². The first-order valence-electron chi connectivity index (χ1n) is 7.04. The van der Waals surface area contributed by atoms with Gasteiger partial charge in [-0.15, -0.1) is 0 Å². The van der Waals surface area contributed by atoms with Crippen LogP contribution in [0, 0.1) is 5.82 Å². The van der Waals surface area contributed by atoms with Crippen molar-refractivity contribution in [2.45, 2.75) is 20.0 Å². The summed E-state index contributed by atoms with van der Waals surface area (Å²) >= 11 is 0. The largest absolute Gasteiger partial charge is 0.486 e. The lowest BCUT2D eigenvalue weighted by Gasteiger charge is -2.16. The number of nitrogens with one attached hydrogen (secondary N) is 1. The minimum Gasteiger partial charge on any atom is -0.486 e. The molecule has 0 aliphatic heterocycles. The lowest BCUT2D eigenvalue weighted by atomic mass is 10.2. The van der Waals surface area contributed by atoms with Gasteiger partial charge in [0, 0.05) is 13.2 Å². The second kappa shape index (κ2) is 5.63. The number of fused-ring (bicyclic) bond motifs is 1. The van der Waals surface area contributed by atoms with Crippen molar-refractivity contribution in [3.8, 4) is 5.75 Å². The van der Waals surface area contributed by atoms with Crippen molar-refractivity contribution in [2.24, 2.45) is 7.05 Å². The van der Waals surface area contributed by atoms with Crippen LogP contribution in [0.5, 0.6) is 5.75 Å². The van der Waals surface area contributed by atoms with E-state index in [-0.39, 0.29) is 11.9 Å². The Hall–Kier alpha value is -2.63. The summed E-state index contributed by atoms with van der Waals surface area (Å²) < 4.78 is 21.5. The molecule has 1 N–H and O–H groups in total. The van der Waals surface area contributed by atoms with Gasteiger partial charge in [-0.2, -0.15) is 0 Å². The smallest absolute Gasteiger partial charge is 0.178 e. The van der Waals surface area contributed by atoms with Gasteiger partial charge >= 0.3 is 0 Å². The molecule has 0 fully saturated rings. The van der Waals surface area contributed by atoms with Gasteiger partial charge < -0.3 is 14.6 Å². The number of hydrogen-bond donors (Lipinski definition) is 1. The monoisotopic (exact) mass is 300 g/mol. The number of para-hydroxylation sites is 1. The van der Waals surface area contributed by atoms with Gasteiger partial charge in [0.25, 0.3) is 0 Å². The number of anilines is 2. The molecule has 2 aromatic heterocycles. The molecular formula is C16H17FN4O. The molecule has 0 aliphatic carbocycles. The fourth-order valence-electron chi connectivity index (χ4n) is 2.30. The zero-order valence-electron chi connectivity index (χ0n) is 12.7. The number of benzene rings is 1. The van der Waals surface area contributed by atoms with Crippen LogP contribution >= 0.6 is 0 Å². The van der Waals surface area contributed by atoms with Crippen molar-refractivity contribution in [2.75, 3.05) is 5.32 Å². The average molecular weight is 300 g/mol. The Morgan fingerprint density at radius 1 is 1.23 bits per heavy atom. The summed E-state index contributed by atoms with van der Waals surface area (Å²) in [6.07, 6.45) is 3.26. The molecule has 22 heavy (non-hydrogen) atoms. The number of hydrogen-bond acceptors (Lipinski definition) is 4. The molecule has 5 nitrogen and oxygen atoms in total. The van der Waals surface area contributed by atoms with Gasteiger partial charge in [-0.25, -0.2) is 14.4 Å². The van der Waals surface area contributed by atoms with E-state index in [0.717, 1.165) is 11.0 Å². The van der Waals surface area contributed by atoms with Gasteiger partial charge in [0.15, 0.2) is 17.4 Å². The van der Waals surface area contributed by atoms with Crippen LogP contribution < -0.4 is 10.1 Å². The third kappa shape index (κ3) is 2.59. The van der Waals surface area contributed by atoms with Crippen LogP contribution in [0.15, 0.2) is 36.8 Å². The van der Waals surface area contributed by atoms with Crippen molar-refractivity contribution in [3.05, 3.63) is 42.6 Å². The molecule has 1 aromatic carbocycles. The van der Waals surface area contributed by atoms with Gasteiger partial charge in [-0.1, -0.05) is 6.07 Å². The van der Waals surface area contributed by atoms with Crippen LogP contribution in [-0.2, 0) is 7.05 Å². The highest BCUT2D eigenvalue weighted by Gasteiger charge is 2.14. The first kappa shape index (κ1) is 14.3. The first-order chi connectivity index (χ1) is 10.6. The zero-order chi connectivity index (χ0) is 15.7. The van der Waals surface area contributed by atoms with Crippen LogP contribution in [-0.4, -0.2) is 20.6 Å². The van der Waals surface area contributed by atoms with E-state index in [0.29, 0.717) is 11.5 Å². The maximum absolute atomic E-state index is 14.0. The lowest BCUT2D eigenvalue weighted by molar-refractivity contribution is 0.232. The minimum absolute atomic E-state index is 0.127. The molecule has 0 unspecified atom stereocenters. The van der Waals surface area contributed by atoms with E-state index in [4.69, 9.17) is 4.74 Å². The Bertz CT molecular complexity index is 813. The van der Waals surface area contributed by atoms with Gasteiger partial charge in [-0.3, -0.25) is 0 Å². The van der Waals surface area contributed by atoms with E-state index in [9.17, 15) is 4.39 Å². The molecule has 0 radical (unpaired) electrons. The SMILES string of the molecule is CC(C)Oc1c(F)cccc1Nc1ncnc2ccn(C)c12. The summed E-state index contributed by atoms with van der Waals surface area (Å²) in [4.78, 5) is 8.48. The number of nitrogens with zero attached hydrogens (tertiary/aromatic N) is 3. The average Bonchev–Trinajstić information content (AvgIpc) is 2.85. The van der Waals surface area contributed by atoms with Crippen molar-refractivity contribution in [3.63, 3.8) is 0 Å². The Balaban J connectivity index is 2.05. The summed E-state index contributed by atoms with van der Waals surface area (Å²) in [6, 6.07) is 6.67. The topological polar surface area (TPSA) is 52.0 Å². The van der Waals surface area contributed by atoms with Gasteiger partial charge in [0.1, 0.15) is 11.8 Å². The molecule has 0 aliphatic rings. The van der Waals surface area contributed by atoms with Crippen LogP contribution in [0.1, 0.15) is 13.8 Å². The number of ether oxygens (including phenoxy) is 1. The summed E-state index contributed by atoms with van der Waals surface area (Å²) in [5, 5.41) is 3.15. The van der Waals surface area contributed by atoms with Gasteiger partial charge in [-0.05, 0) is 32.0 Å². The van der Waals surface area contributed by atoms with E-state index in [1.54, 1.807) is 12.1 Å². The summed E-state index contributed by atoms with van der Waals surface area (Å²) in [7, 11) is 1.91. The molecule has 0 atom stereocenters. The van der Waals surface area contributed by atoms with Crippen LogP contribution in [0.3, 0.4) is 0 Å². The normalized spacial score (nSPS) is 11.1. The van der Waals surface area contributed by atoms with Crippen LogP contribution in [0.25, 0.3) is 11.0 Å². The number of aromatic nitrogens is 3. The predicted octanol–water partition coefficient (Wildman–Crippen LogP) is 3.64. The summed E-state index contributed by atoms with van der Waals surface area (Å²) in [6.45, 7) is 3.71. The first-order valence-corrected chi connectivity index (χ1v) is 7.04. The zero-order valence-corrected chi connectivity index (χ0v) is 12.7. The van der Waals surface area contributed by atoms with E-state index in [2.05, 4.69) is 15.3 Å². The Labute approximate surface area is 127 Å². The van der Waals surface area contributed by atoms with Crippen molar-refractivity contribution >= 4 is 22.5 Å². The van der Waals surface area contributed by atoms with Crippen molar-refractivity contribution < 1.29 is 9.13 Å². The third-order valence-corrected chi connectivity index (χ3v) is 3.23. The highest BCUT2D eigenvalue weighted by atomic mass is 19.1. The third-order valence-electron chi connectivity index (χ3n) is 3.23. The molecule has 0 spiro atoms. The molecular weight excluding hydrogens is 283 g/mol. The fourth-order valence-corrected chi connectivity index (χ4v) is 2.30. The molecule has 114 valence electrons. The molecule has 2 heterocycles.